The summed E-state index contributed by atoms with van der Waals surface area (Å²) in [7, 11) is 1.90. The van der Waals surface area contributed by atoms with Crippen molar-refractivity contribution in [3.8, 4) is 27.5 Å². The number of nitrogens with zero attached hydrogens (tertiary/aromatic N) is 3. The van der Waals surface area contributed by atoms with Gasteiger partial charge in [0.1, 0.15) is 0 Å². The molecule has 0 unspecified atom stereocenters. The molecule has 0 saturated heterocycles. The average Bonchev–Trinajstić information content (AvgIpc) is 3.24. The van der Waals surface area contributed by atoms with Gasteiger partial charge in [-0.2, -0.15) is 0 Å². The highest BCUT2D eigenvalue weighted by molar-refractivity contribution is 7.13. The van der Waals surface area contributed by atoms with Crippen molar-refractivity contribution in [2.24, 2.45) is 7.05 Å². The maximum atomic E-state index is 13.1. The highest BCUT2D eigenvalue weighted by Gasteiger charge is 2.19. The summed E-state index contributed by atoms with van der Waals surface area (Å²) in [5, 5.41) is 2.03. The molecule has 0 spiro atoms. The van der Waals surface area contributed by atoms with E-state index in [9.17, 15) is 4.79 Å². The summed E-state index contributed by atoms with van der Waals surface area (Å²) in [4.78, 5) is 18.9. The summed E-state index contributed by atoms with van der Waals surface area (Å²) in [5.41, 5.74) is 3.93. The number of rotatable bonds is 3. The Morgan fingerprint density at radius 2 is 1.68 bits per heavy atom. The molecule has 4 nitrogen and oxygen atoms in total. The number of para-hydroxylation sites is 1. The van der Waals surface area contributed by atoms with E-state index in [1.54, 1.807) is 16.0 Å². The third-order valence-corrected chi connectivity index (χ3v) is 5.23. The zero-order valence-electron chi connectivity index (χ0n) is 14.0. The van der Waals surface area contributed by atoms with Crippen molar-refractivity contribution < 1.29 is 0 Å². The molecule has 0 N–H and O–H groups in total. The Labute approximate surface area is 149 Å². The second kappa shape index (κ2) is 6.18. The number of pyridine rings is 1. The minimum Gasteiger partial charge on any atom is -0.285 e. The van der Waals surface area contributed by atoms with Crippen LogP contribution in [-0.2, 0) is 7.05 Å². The van der Waals surface area contributed by atoms with E-state index in [2.05, 4.69) is 0 Å². The van der Waals surface area contributed by atoms with Crippen LogP contribution in [-0.4, -0.2) is 14.3 Å². The molecule has 25 heavy (non-hydrogen) atoms. The molecule has 0 fully saturated rings. The van der Waals surface area contributed by atoms with Crippen LogP contribution in [0, 0.1) is 6.92 Å². The van der Waals surface area contributed by atoms with Gasteiger partial charge in [-0.15, -0.1) is 11.3 Å². The molecule has 0 atom stereocenters. The standard InChI is InChI=1S/C20H17N3OS/c1-14-19(17-11-6-10-16(21-17)18-12-7-13-25-18)20(24)23(22(14)2)15-8-4-3-5-9-15/h3-13H,1-2H3. The largest absolute Gasteiger partial charge is 0.285 e. The van der Waals surface area contributed by atoms with Crippen molar-refractivity contribution in [1.82, 2.24) is 14.3 Å². The summed E-state index contributed by atoms with van der Waals surface area (Å²) in [6.07, 6.45) is 0. The fraction of sp³-hybridized carbons (Fsp3) is 0.100. The van der Waals surface area contributed by atoms with Crippen LogP contribution >= 0.6 is 11.3 Å². The molecule has 5 heteroatoms. The lowest BCUT2D eigenvalue weighted by Crippen LogP contribution is -2.20. The number of aromatic nitrogens is 3. The van der Waals surface area contributed by atoms with Gasteiger partial charge in [0.05, 0.1) is 27.5 Å². The summed E-state index contributed by atoms with van der Waals surface area (Å²) in [6, 6.07) is 19.5. The van der Waals surface area contributed by atoms with Gasteiger partial charge in [-0.1, -0.05) is 30.3 Å². The van der Waals surface area contributed by atoms with Gasteiger partial charge < -0.3 is 0 Å². The van der Waals surface area contributed by atoms with E-state index in [1.165, 1.54) is 0 Å². The summed E-state index contributed by atoms with van der Waals surface area (Å²) >= 11 is 1.64. The SMILES string of the molecule is Cc1c(-c2cccc(-c3cccs3)n2)c(=O)n(-c2ccccc2)n1C. The van der Waals surface area contributed by atoms with Crippen LogP contribution in [0.15, 0.2) is 70.8 Å². The van der Waals surface area contributed by atoms with Crippen molar-refractivity contribution in [2.45, 2.75) is 6.92 Å². The third-order valence-electron chi connectivity index (χ3n) is 4.33. The predicted octanol–water partition coefficient (Wildman–Crippen LogP) is 4.27. The Balaban J connectivity index is 1.91. The van der Waals surface area contributed by atoms with Crippen LogP contribution in [0.1, 0.15) is 5.69 Å². The maximum Gasteiger partial charge on any atom is 0.281 e. The van der Waals surface area contributed by atoms with Gasteiger partial charge in [0.25, 0.3) is 5.56 Å². The molecule has 0 amide bonds. The van der Waals surface area contributed by atoms with Crippen molar-refractivity contribution >= 4 is 11.3 Å². The molecule has 4 rings (SSSR count). The second-order valence-corrected chi connectivity index (χ2v) is 6.77. The molecule has 0 aliphatic rings. The van der Waals surface area contributed by atoms with Gasteiger partial charge in [-0.3, -0.25) is 9.48 Å². The molecule has 0 aliphatic carbocycles. The highest BCUT2D eigenvalue weighted by atomic mass is 32.1. The minimum absolute atomic E-state index is 0.0537. The summed E-state index contributed by atoms with van der Waals surface area (Å²) in [6.45, 7) is 1.95. The number of benzene rings is 1. The van der Waals surface area contributed by atoms with Crippen LogP contribution in [0.3, 0.4) is 0 Å². The third kappa shape index (κ3) is 2.62. The van der Waals surface area contributed by atoms with Crippen molar-refractivity contribution in [3.63, 3.8) is 0 Å². The topological polar surface area (TPSA) is 39.8 Å². The predicted molar refractivity (Wildman–Crippen MR) is 102 cm³/mol. The van der Waals surface area contributed by atoms with E-state index in [1.807, 2.05) is 84.7 Å². The van der Waals surface area contributed by atoms with Gasteiger partial charge >= 0.3 is 0 Å². The Morgan fingerprint density at radius 3 is 2.40 bits per heavy atom. The lowest BCUT2D eigenvalue weighted by molar-refractivity contribution is 0.630. The smallest absolute Gasteiger partial charge is 0.281 e. The monoisotopic (exact) mass is 347 g/mol. The molecule has 3 heterocycles. The first-order valence-corrected chi connectivity index (χ1v) is 8.90. The zero-order valence-corrected chi connectivity index (χ0v) is 14.8. The number of hydrogen-bond acceptors (Lipinski definition) is 3. The van der Waals surface area contributed by atoms with E-state index in [0.717, 1.165) is 22.0 Å². The minimum atomic E-state index is -0.0537. The molecule has 0 radical (unpaired) electrons. The number of hydrogen-bond donors (Lipinski definition) is 0. The first-order chi connectivity index (χ1) is 12.2. The number of thiophene rings is 1. The van der Waals surface area contributed by atoms with Gasteiger partial charge in [-0.25, -0.2) is 9.67 Å². The van der Waals surface area contributed by atoms with Crippen LogP contribution in [0.25, 0.3) is 27.5 Å². The Kier molecular flexibility index (Phi) is 3.86. The Bertz CT molecular complexity index is 1080. The van der Waals surface area contributed by atoms with E-state index < -0.39 is 0 Å². The van der Waals surface area contributed by atoms with Crippen LogP contribution in [0.2, 0.25) is 0 Å². The quantitative estimate of drug-likeness (QED) is 0.555. The Hall–Kier alpha value is -2.92. The van der Waals surface area contributed by atoms with E-state index in [0.29, 0.717) is 11.3 Å². The molecule has 0 saturated carbocycles. The van der Waals surface area contributed by atoms with E-state index in [4.69, 9.17) is 4.98 Å². The van der Waals surface area contributed by atoms with Gasteiger partial charge in [-0.05, 0) is 42.6 Å². The molecule has 124 valence electrons. The van der Waals surface area contributed by atoms with Crippen LogP contribution in [0.5, 0.6) is 0 Å². The maximum absolute atomic E-state index is 13.1. The normalized spacial score (nSPS) is 11.0. The average molecular weight is 347 g/mol. The van der Waals surface area contributed by atoms with E-state index >= 15 is 0 Å². The molecular formula is C20H17N3OS. The van der Waals surface area contributed by atoms with Gasteiger partial charge in [0, 0.05) is 12.7 Å². The van der Waals surface area contributed by atoms with Crippen molar-refractivity contribution in [3.05, 3.63) is 82.1 Å². The molecular weight excluding hydrogens is 330 g/mol. The highest BCUT2D eigenvalue weighted by Crippen LogP contribution is 2.26. The van der Waals surface area contributed by atoms with Gasteiger partial charge in [0.15, 0.2) is 0 Å². The molecule has 0 bridgehead atoms. The van der Waals surface area contributed by atoms with Crippen molar-refractivity contribution in [2.75, 3.05) is 0 Å². The fourth-order valence-electron chi connectivity index (χ4n) is 3.00. The zero-order chi connectivity index (χ0) is 17.4. The summed E-state index contributed by atoms with van der Waals surface area (Å²) < 4.78 is 3.57. The molecule has 1 aromatic carbocycles. The molecule has 4 aromatic rings. The van der Waals surface area contributed by atoms with Crippen LogP contribution in [0.4, 0.5) is 0 Å². The van der Waals surface area contributed by atoms with E-state index in [-0.39, 0.29) is 5.56 Å². The summed E-state index contributed by atoms with van der Waals surface area (Å²) in [5.74, 6) is 0. The first-order valence-electron chi connectivity index (χ1n) is 8.02. The lowest BCUT2D eigenvalue weighted by Gasteiger charge is -2.07. The van der Waals surface area contributed by atoms with Crippen molar-refractivity contribution in [1.29, 1.82) is 0 Å². The lowest BCUT2D eigenvalue weighted by atomic mass is 10.1. The van der Waals surface area contributed by atoms with Crippen LogP contribution < -0.4 is 5.56 Å². The molecule has 0 aliphatic heterocycles. The first kappa shape index (κ1) is 15.6. The Morgan fingerprint density at radius 1 is 0.920 bits per heavy atom. The fourth-order valence-corrected chi connectivity index (χ4v) is 3.69. The molecule has 3 aromatic heterocycles. The second-order valence-electron chi connectivity index (χ2n) is 5.82. The van der Waals surface area contributed by atoms with Gasteiger partial charge in [0.2, 0.25) is 0 Å².